The summed E-state index contributed by atoms with van der Waals surface area (Å²) in [7, 11) is 1.55. The molecule has 0 aliphatic heterocycles. The summed E-state index contributed by atoms with van der Waals surface area (Å²) in [4.78, 5) is 15.6. The zero-order valence-electron chi connectivity index (χ0n) is 12.8. The van der Waals surface area contributed by atoms with Crippen molar-refractivity contribution in [3.63, 3.8) is 0 Å². The highest BCUT2D eigenvalue weighted by Gasteiger charge is 2.18. The zero-order chi connectivity index (χ0) is 17.1. The van der Waals surface area contributed by atoms with Gasteiger partial charge in [0.25, 0.3) is 0 Å². The lowest BCUT2D eigenvalue weighted by atomic mass is 10.0. The van der Waals surface area contributed by atoms with Crippen molar-refractivity contribution in [2.24, 2.45) is 0 Å². The molecule has 0 aliphatic rings. The molecule has 1 aromatic heterocycles. The van der Waals surface area contributed by atoms with Crippen molar-refractivity contribution in [1.29, 1.82) is 5.26 Å². The number of carbonyl (C=O) groups is 1. The maximum Gasteiger partial charge on any atom is 0.209 e. The Kier molecular flexibility index (Phi) is 4.13. The van der Waals surface area contributed by atoms with E-state index in [0.717, 1.165) is 0 Å². The number of H-pyrrole nitrogens is 1. The van der Waals surface area contributed by atoms with Crippen molar-refractivity contribution in [1.82, 2.24) is 4.98 Å². The number of benzene rings is 2. The van der Waals surface area contributed by atoms with E-state index in [1.165, 1.54) is 12.1 Å². The largest absolute Gasteiger partial charge is 0.497 e. The Morgan fingerprint density at radius 3 is 2.38 bits per heavy atom. The first-order chi connectivity index (χ1) is 11.6. The van der Waals surface area contributed by atoms with Crippen LogP contribution < -0.4 is 4.74 Å². The summed E-state index contributed by atoms with van der Waals surface area (Å²) >= 11 is 0. The molecule has 2 aromatic carbocycles. The van der Waals surface area contributed by atoms with E-state index in [1.807, 2.05) is 6.07 Å². The molecule has 0 bridgehead atoms. The minimum Gasteiger partial charge on any atom is -0.497 e. The third-order valence-electron chi connectivity index (χ3n) is 3.67. The number of nitriles is 1. The highest BCUT2D eigenvalue weighted by Crippen LogP contribution is 2.27. The highest BCUT2D eigenvalue weighted by atomic mass is 19.1. The summed E-state index contributed by atoms with van der Waals surface area (Å²) in [6.45, 7) is 0. The maximum atomic E-state index is 13.1. The van der Waals surface area contributed by atoms with Crippen LogP contribution >= 0.6 is 0 Å². The average Bonchev–Trinajstić information content (AvgIpc) is 3.06. The van der Waals surface area contributed by atoms with Crippen molar-refractivity contribution in [2.45, 2.75) is 0 Å². The number of hydrogen-bond acceptors (Lipinski definition) is 3. The predicted octanol–water partition coefficient (Wildman–Crippen LogP) is 3.93. The van der Waals surface area contributed by atoms with Gasteiger partial charge < -0.3 is 9.72 Å². The Labute approximate surface area is 138 Å². The second-order valence-corrected chi connectivity index (χ2v) is 5.15. The van der Waals surface area contributed by atoms with Gasteiger partial charge in [-0.2, -0.15) is 5.26 Å². The molecule has 3 rings (SSSR count). The molecule has 0 atom stereocenters. The summed E-state index contributed by atoms with van der Waals surface area (Å²) in [5, 5.41) is 9.12. The van der Waals surface area contributed by atoms with E-state index in [-0.39, 0.29) is 17.3 Å². The number of hydrogen-bond donors (Lipinski definition) is 1. The predicted molar refractivity (Wildman–Crippen MR) is 87.3 cm³/mol. The fraction of sp³-hybridized carbons (Fsp3) is 0.0526. The molecular formula is C19H13FN2O2. The Balaban J connectivity index is 2.06. The van der Waals surface area contributed by atoms with Gasteiger partial charge in [0.1, 0.15) is 23.3 Å². The first-order valence-corrected chi connectivity index (χ1v) is 7.20. The summed E-state index contributed by atoms with van der Waals surface area (Å²) < 4.78 is 18.2. The number of aromatic nitrogens is 1. The number of aromatic amines is 1. The molecule has 24 heavy (non-hydrogen) atoms. The quantitative estimate of drug-likeness (QED) is 0.741. The van der Waals surface area contributed by atoms with Crippen LogP contribution in [0.25, 0.3) is 11.1 Å². The first kappa shape index (κ1) is 15.5. The molecule has 0 saturated heterocycles. The number of rotatable bonds is 4. The summed E-state index contributed by atoms with van der Waals surface area (Å²) in [5.41, 5.74) is 2.25. The van der Waals surface area contributed by atoms with Crippen molar-refractivity contribution >= 4 is 5.78 Å². The number of carbonyl (C=O) groups excluding carboxylic acids is 1. The standard InChI is InChI=1S/C19H13FN2O2/c1-24-16-8-4-13(5-9-16)19(23)18-17(10-15(11-21)22-18)12-2-6-14(20)7-3-12/h2-10,22H,1H3. The molecule has 0 amide bonds. The molecule has 0 spiro atoms. The summed E-state index contributed by atoms with van der Waals surface area (Å²) in [6.07, 6.45) is 0. The van der Waals surface area contributed by atoms with E-state index >= 15 is 0 Å². The maximum absolute atomic E-state index is 13.1. The van der Waals surface area contributed by atoms with Crippen LogP contribution in [0, 0.1) is 17.1 Å². The van der Waals surface area contributed by atoms with Gasteiger partial charge in [0.2, 0.25) is 5.78 Å². The molecule has 5 heteroatoms. The average molecular weight is 320 g/mol. The number of methoxy groups -OCH3 is 1. The Hall–Kier alpha value is -3.39. The fourth-order valence-electron chi connectivity index (χ4n) is 2.44. The van der Waals surface area contributed by atoms with Crippen LogP contribution in [0.1, 0.15) is 21.7 Å². The van der Waals surface area contributed by atoms with Crippen LogP contribution in [-0.2, 0) is 0 Å². The van der Waals surface area contributed by atoms with Crippen LogP contribution in [0.15, 0.2) is 54.6 Å². The molecule has 0 unspecified atom stereocenters. The molecule has 0 saturated carbocycles. The second kappa shape index (κ2) is 6.39. The summed E-state index contributed by atoms with van der Waals surface area (Å²) in [5.74, 6) is 0.0332. The van der Waals surface area contributed by atoms with Gasteiger partial charge in [-0.1, -0.05) is 12.1 Å². The fourth-order valence-corrected chi connectivity index (χ4v) is 2.44. The molecule has 0 radical (unpaired) electrons. The van der Waals surface area contributed by atoms with E-state index in [9.17, 15) is 9.18 Å². The molecule has 4 nitrogen and oxygen atoms in total. The topological polar surface area (TPSA) is 65.9 Å². The van der Waals surface area contributed by atoms with Crippen LogP contribution in [0.5, 0.6) is 5.75 Å². The van der Waals surface area contributed by atoms with Gasteiger partial charge in [0.15, 0.2) is 0 Å². The number of nitrogens with zero attached hydrogens (tertiary/aromatic N) is 1. The number of ether oxygens (including phenoxy) is 1. The van der Waals surface area contributed by atoms with E-state index in [1.54, 1.807) is 49.6 Å². The smallest absolute Gasteiger partial charge is 0.209 e. The number of nitrogens with one attached hydrogen (secondary N) is 1. The molecular weight excluding hydrogens is 307 g/mol. The van der Waals surface area contributed by atoms with Crippen LogP contribution in [0.3, 0.4) is 0 Å². The van der Waals surface area contributed by atoms with E-state index in [2.05, 4.69) is 4.98 Å². The molecule has 1 heterocycles. The number of ketones is 1. The van der Waals surface area contributed by atoms with Gasteiger partial charge in [-0.25, -0.2) is 4.39 Å². The molecule has 3 aromatic rings. The first-order valence-electron chi connectivity index (χ1n) is 7.20. The van der Waals surface area contributed by atoms with Crippen molar-refractivity contribution in [3.05, 3.63) is 77.4 Å². The van der Waals surface area contributed by atoms with Gasteiger partial charge >= 0.3 is 0 Å². The van der Waals surface area contributed by atoms with Gasteiger partial charge in [-0.15, -0.1) is 0 Å². The second-order valence-electron chi connectivity index (χ2n) is 5.15. The normalized spacial score (nSPS) is 10.2. The molecule has 0 fully saturated rings. The van der Waals surface area contributed by atoms with Crippen molar-refractivity contribution in [3.8, 4) is 22.9 Å². The SMILES string of the molecule is COc1ccc(C(=O)c2[nH]c(C#N)cc2-c2ccc(F)cc2)cc1. The third kappa shape index (κ3) is 2.90. The van der Waals surface area contributed by atoms with E-state index < -0.39 is 0 Å². The third-order valence-corrected chi connectivity index (χ3v) is 3.67. The van der Waals surface area contributed by atoms with Crippen LogP contribution in [-0.4, -0.2) is 17.9 Å². The Morgan fingerprint density at radius 2 is 1.79 bits per heavy atom. The number of halogens is 1. The Bertz CT molecular complexity index is 919. The molecule has 118 valence electrons. The highest BCUT2D eigenvalue weighted by molar-refractivity contribution is 6.12. The van der Waals surface area contributed by atoms with Crippen molar-refractivity contribution in [2.75, 3.05) is 7.11 Å². The van der Waals surface area contributed by atoms with Crippen LogP contribution in [0.2, 0.25) is 0 Å². The summed E-state index contributed by atoms with van der Waals surface area (Å²) in [6, 6.07) is 16.1. The van der Waals surface area contributed by atoms with Crippen molar-refractivity contribution < 1.29 is 13.9 Å². The van der Waals surface area contributed by atoms with Gasteiger partial charge in [0, 0.05) is 11.1 Å². The monoisotopic (exact) mass is 320 g/mol. The van der Waals surface area contributed by atoms with Crippen LogP contribution in [0.4, 0.5) is 4.39 Å². The molecule has 0 aliphatic carbocycles. The lowest BCUT2D eigenvalue weighted by Crippen LogP contribution is -2.03. The minimum absolute atomic E-state index is 0.251. The van der Waals surface area contributed by atoms with E-state index in [4.69, 9.17) is 10.00 Å². The Morgan fingerprint density at radius 1 is 1.12 bits per heavy atom. The van der Waals surface area contributed by atoms with Gasteiger partial charge in [0.05, 0.1) is 12.8 Å². The zero-order valence-corrected chi connectivity index (χ0v) is 12.8. The minimum atomic E-state index is -0.363. The van der Waals surface area contributed by atoms with E-state index in [0.29, 0.717) is 28.1 Å². The van der Waals surface area contributed by atoms with Gasteiger partial charge in [-0.3, -0.25) is 4.79 Å². The lowest BCUT2D eigenvalue weighted by Gasteiger charge is -2.05. The lowest BCUT2D eigenvalue weighted by molar-refractivity contribution is 0.103. The van der Waals surface area contributed by atoms with Gasteiger partial charge in [-0.05, 0) is 48.0 Å². The molecule has 1 N–H and O–H groups in total.